The molecule has 0 aliphatic rings. The van der Waals surface area contributed by atoms with Crippen LogP contribution in [0.2, 0.25) is 0 Å². The van der Waals surface area contributed by atoms with E-state index in [1.165, 1.54) is 12.1 Å². The van der Waals surface area contributed by atoms with Crippen LogP contribution in [0.5, 0.6) is 0 Å². The Morgan fingerprint density at radius 1 is 1.13 bits per heavy atom. The summed E-state index contributed by atoms with van der Waals surface area (Å²) >= 11 is 0.892. The Morgan fingerprint density at radius 2 is 1.97 bits per heavy atom. The normalized spacial score (nSPS) is 11.4. The number of hydrogen-bond acceptors (Lipinski definition) is 6. The summed E-state index contributed by atoms with van der Waals surface area (Å²) in [5, 5.41) is 10.4. The smallest absolute Gasteiger partial charge is 0.297 e. The zero-order valence-corrected chi connectivity index (χ0v) is 16.0. The number of nitrogens with zero attached hydrogens (tertiary/aromatic N) is 5. The van der Waals surface area contributed by atoms with Crippen LogP contribution in [0.25, 0.3) is 11.4 Å². The summed E-state index contributed by atoms with van der Waals surface area (Å²) in [6, 6.07) is 11.7. The number of anilines is 1. The maximum absolute atomic E-state index is 12.9. The number of carbonyl (C=O) groups excluding carboxylic acids is 1. The molecule has 0 bridgehead atoms. The van der Waals surface area contributed by atoms with E-state index in [1.807, 2.05) is 6.07 Å². The van der Waals surface area contributed by atoms with Crippen molar-refractivity contribution in [2.45, 2.75) is 12.7 Å². The second-order valence-corrected chi connectivity index (χ2v) is 7.01. The quantitative estimate of drug-likeness (QED) is 0.515. The third kappa shape index (κ3) is 4.51. The number of amides is 1. The summed E-state index contributed by atoms with van der Waals surface area (Å²) in [5.41, 5.74) is 0.694. The summed E-state index contributed by atoms with van der Waals surface area (Å²) in [6.45, 7) is 0.458. The first-order valence-corrected chi connectivity index (χ1v) is 9.41. The van der Waals surface area contributed by atoms with Crippen LogP contribution in [-0.4, -0.2) is 30.3 Å². The molecule has 0 radical (unpaired) electrons. The molecule has 4 rings (SSSR count). The lowest BCUT2D eigenvalue weighted by atomic mass is 10.1. The maximum atomic E-state index is 12.9. The molecule has 0 spiro atoms. The van der Waals surface area contributed by atoms with Gasteiger partial charge in [0.25, 0.3) is 5.91 Å². The third-order valence-electron chi connectivity index (χ3n) is 4.10. The van der Waals surface area contributed by atoms with Crippen molar-refractivity contribution in [3.05, 3.63) is 77.6 Å². The minimum absolute atomic E-state index is 0.112. The van der Waals surface area contributed by atoms with Gasteiger partial charge in [-0.05, 0) is 29.8 Å². The van der Waals surface area contributed by atoms with E-state index in [1.54, 1.807) is 35.3 Å². The topological polar surface area (TPSA) is 85.6 Å². The number of halogens is 3. The Labute approximate surface area is 172 Å². The number of carbonyl (C=O) groups is 1. The molecule has 0 saturated heterocycles. The Bertz CT molecular complexity index is 1170. The van der Waals surface area contributed by atoms with E-state index >= 15 is 0 Å². The first kappa shape index (κ1) is 19.7. The van der Waals surface area contributed by atoms with Crippen LogP contribution >= 0.6 is 11.5 Å². The van der Waals surface area contributed by atoms with Gasteiger partial charge in [-0.15, -0.1) is 5.10 Å². The Kier molecular flexibility index (Phi) is 5.27. The van der Waals surface area contributed by atoms with E-state index in [0.29, 0.717) is 12.1 Å². The van der Waals surface area contributed by atoms with E-state index in [4.69, 9.17) is 0 Å². The van der Waals surface area contributed by atoms with Crippen molar-refractivity contribution < 1.29 is 18.0 Å². The molecule has 0 saturated carbocycles. The van der Waals surface area contributed by atoms with Crippen LogP contribution in [-0.2, 0) is 12.7 Å². The molecule has 1 amide bonds. The van der Waals surface area contributed by atoms with Crippen molar-refractivity contribution in [3.63, 3.8) is 0 Å². The monoisotopic (exact) mass is 430 g/mol. The predicted octanol–water partition coefficient (Wildman–Crippen LogP) is 4.12. The summed E-state index contributed by atoms with van der Waals surface area (Å²) in [7, 11) is 0. The van der Waals surface area contributed by atoms with Gasteiger partial charge in [0.1, 0.15) is 0 Å². The fourth-order valence-corrected chi connectivity index (χ4v) is 3.30. The zero-order chi connectivity index (χ0) is 21.1. The lowest BCUT2D eigenvalue weighted by Crippen LogP contribution is -2.12. The molecule has 7 nitrogen and oxygen atoms in total. The minimum atomic E-state index is -4.46. The van der Waals surface area contributed by atoms with Crippen LogP contribution in [0.3, 0.4) is 0 Å². The molecule has 2 aromatic carbocycles. The first-order valence-electron chi connectivity index (χ1n) is 8.64. The maximum Gasteiger partial charge on any atom is 0.416 e. The van der Waals surface area contributed by atoms with Gasteiger partial charge in [0.15, 0.2) is 5.82 Å². The predicted molar refractivity (Wildman–Crippen MR) is 104 cm³/mol. The number of benzene rings is 2. The van der Waals surface area contributed by atoms with Gasteiger partial charge >= 0.3 is 6.18 Å². The van der Waals surface area contributed by atoms with Crippen molar-refractivity contribution >= 4 is 22.6 Å². The van der Waals surface area contributed by atoms with Gasteiger partial charge in [-0.1, -0.05) is 29.5 Å². The Hall–Kier alpha value is -3.60. The molecule has 0 atom stereocenters. The lowest BCUT2D eigenvalue weighted by Gasteiger charge is -2.07. The van der Waals surface area contributed by atoms with Gasteiger partial charge < -0.3 is 0 Å². The summed E-state index contributed by atoms with van der Waals surface area (Å²) in [5.74, 6) is -0.288. The Balaban J connectivity index is 1.48. The lowest BCUT2D eigenvalue weighted by molar-refractivity contribution is -0.137. The molecular formula is C19H13F3N6OS. The second-order valence-electron chi connectivity index (χ2n) is 6.26. The molecule has 0 unspecified atom stereocenters. The van der Waals surface area contributed by atoms with Crippen molar-refractivity contribution in [1.29, 1.82) is 0 Å². The average Bonchev–Trinajstić information content (AvgIpc) is 3.40. The molecule has 0 fully saturated rings. The molecule has 2 heterocycles. The number of hydrogen-bond donors (Lipinski definition) is 1. The van der Waals surface area contributed by atoms with Crippen molar-refractivity contribution in [2.24, 2.45) is 0 Å². The van der Waals surface area contributed by atoms with E-state index < -0.39 is 17.6 Å². The van der Waals surface area contributed by atoms with Crippen molar-refractivity contribution in [1.82, 2.24) is 24.4 Å². The highest BCUT2D eigenvalue weighted by atomic mass is 32.1. The number of alkyl halides is 3. The molecule has 1 N–H and O–H groups in total. The largest absolute Gasteiger partial charge is 0.416 e. The van der Waals surface area contributed by atoms with E-state index in [9.17, 15) is 18.0 Å². The third-order valence-corrected chi connectivity index (χ3v) is 4.73. The molecular weight excluding hydrogens is 417 g/mol. The highest BCUT2D eigenvalue weighted by molar-refractivity contribution is 7.10. The Morgan fingerprint density at radius 3 is 2.73 bits per heavy atom. The van der Waals surface area contributed by atoms with Gasteiger partial charge in [-0.3, -0.25) is 10.1 Å². The molecule has 0 aliphatic carbocycles. The number of nitrogens with one attached hydrogen (secondary N) is 1. The van der Waals surface area contributed by atoms with Crippen LogP contribution < -0.4 is 5.32 Å². The van der Waals surface area contributed by atoms with Gasteiger partial charge in [-0.2, -0.15) is 22.5 Å². The van der Waals surface area contributed by atoms with Crippen LogP contribution in [0.4, 0.5) is 18.3 Å². The van der Waals surface area contributed by atoms with Crippen molar-refractivity contribution in [3.8, 4) is 11.4 Å². The van der Waals surface area contributed by atoms with Gasteiger partial charge in [0, 0.05) is 28.9 Å². The molecule has 0 aliphatic heterocycles. The SMILES string of the molecule is O=C(Nc1nc(-c2cccc(C(F)(F)F)c2)ns1)c1cccc(Cn2ccnn2)c1. The van der Waals surface area contributed by atoms with Gasteiger partial charge in [-0.25, -0.2) is 4.68 Å². The fourth-order valence-electron chi connectivity index (χ4n) is 2.71. The molecule has 30 heavy (non-hydrogen) atoms. The number of aromatic nitrogens is 5. The highest BCUT2D eigenvalue weighted by Gasteiger charge is 2.30. The number of rotatable bonds is 5. The summed E-state index contributed by atoms with van der Waals surface area (Å²) in [6.07, 6.45) is -1.18. The van der Waals surface area contributed by atoms with Gasteiger partial charge in [0.2, 0.25) is 5.13 Å². The highest BCUT2D eigenvalue weighted by Crippen LogP contribution is 2.32. The molecule has 152 valence electrons. The molecule has 4 aromatic rings. The summed E-state index contributed by atoms with van der Waals surface area (Å²) in [4.78, 5) is 16.7. The standard InChI is InChI=1S/C19H13F3N6OS/c20-19(21,22)15-6-2-4-13(10-15)16-24-18(30-26-16)25-17(29)14-5-1-3-12(9-14)11-28-8-7-23-27-28/h1-10H,11H2,(H,24,25,26,29). The van der Waals surface area contributed by atoms with E-state index in [0.717, 1.165) is 29.2 Å². The van der Waals surface area contributed by atoms with Gasteiger partial charge in [0.05, 0.1) is 18.3 Å². The average molecular weight is 430 g/mol. The molecule has 11 heteroatoms. The van der Waals surface area contributed by atoms with E-state index in [-0.39, 0.29) is 16.5 Å². The van der Waals surface area contributed by atoms with Crippen LogP contribution in [0.1, 0.15) is 21.5 Å². The van der Waals surface area contributed by atoms with Crippen molar-refractivity contribution in [2.75, 3.05) is 5.32 Å². The zero-order valence-electron chi connectivity index (χ0n) is 15.2. The van der Waals surface area contributed by atoms with E-state index in [2.05, 4.69) is 25.0 Å². The van der Waals surface area contributed by atoms with Crippen LogP contribution in [0.15, 0.2) is 60.9 Å². The first-order chi connectivity index (χ1) is 14.4. The van der Waals surface area contributed by atoms with Crippen LogP contribution in [0, 0.1) is 0 Å². The fraction of sp³-hybridized carbons (Fsp3) is 0.105. The minimum Gasteiger partial charge on any atom is -0.297 e. The molecule has 2 aromatic heterocycles. The second kappa shape index (κ2) is 8.03. The summed E-state index contributed by atoms with van der Waals surface area (Å²) < 4.78 is 44.4.